The number of aromatic nitrogens is 6. The van der Waals surface area contributed by atoms with Crippen molar-refractivity contribution in [3.63, 3.8) is 0 Å². The second-order valence-electron chi connectivity index (χ2n) is 6.99. The van der Waals surface area contributed by atoms with Gasteiger partial charge in [-0.3, -0.25) is 14.4 Å². The maximum absolute atomic E-state index is 6.07. The predicted molar refractivity (Wildman–Crippen MR) is 123 cm³/mol. The normalized spacial score (nSPS) is 11.2. The summed E-state index contributed by atoms with van der Waals surface area (Å²) >= 11 is 7.43. The Morgan fingerprint density at radius 2 is 1.84 bits per heavy atom. The maximum atomic E-state index is 6.07. The number of anilines is 2. The molecule has 31 heavy (non-hydrogen) atoms. The molecule has 0 saturated heterocycles. The van der Waals surface area contributed by atoms with Gasteiger partial charge in [0.2, 0.25) is 5.13 Å². The van der Waals surface area contributed by atoms with Gasteiger partial charge < -0.3 is 10.6 Å². The minimum Gasteiger partial charge on any atom is -0.374 e. The number of nitrogens with zero attached hydrogens (tertiary/aromatic N) is 7. The zero-order chi connectivity index (χ0) is 21.4. The van der Waals surface area contributed by atoms with E-state index in [1.807, 2.05) is 59.1 Å². The Hall–Kier alpha value is -3.56. The summed E-state index contributed by atoms with van der Waals surface area (Å²) in [6, 6.07) is 9.98. The highest BCUT2D eigenvalue weighted by Crippen LogP contribution is 2.28. The standard InChI is InChI=1S/C21H17ClN8S/c1-29(17-6-15(22)7-24-8-17)11-16-12-30-18(9-26-19(30)10-25-16)13-2-4-14(5-3-13)20-27-28-21(23)31-20/h2-10,12H,11H2,1H3,(H2,23,28). The Balaban J connectivity index is 1.44. The number of hydrogen-bond acceptors (Lipinski definition) is 8. The third-order valence-corrected chi connectivity index (χ3v) is 5.86. The van der Waals surface area contributed by atoms with Gasteiger partial charge in [-0.05, 0) is 6.07 Å². The molecule has 0 bridgehead atoms. The topological polar surface area (TPSA) is 98.1 Å². The van der Waals surface area contributed by atoms with Crippen molar-refractivity contribution in [3.8, 4) is 21.8 Å². The Labute approximate surface area is 187 Å². The van der Waals surface area contributed by atoms with Gasteiger partial charge in [-0.15, -0.1) is 10.2 Å². The summed E-state index contributed by atoms with van der Waals surface area (Å²) in [4.78, 5) is 15.2. The number of imidazole rings is 1. The van der Waals surface area contributed by atoms with Crippen LogP contribution in [0.2, 0.25) is 5.02 Å². The van der Waals surface area contributed by atoms with Gasteiger partial charge in [0.25, 0.3) is 0 Å². The summed E-state index contributed by atoms with van der Waals surface area (Å²) in [5.74, 6) is 0. The summed E-state index contributed by atoms with van der Waals surface area (Å²) in [7, 11) is 1.98. The molecule has 0 saturated carbocycles. The molecule has 0 aliphatic carbocycles. The van der Waals surface area contributed by atoms with Crippen molar-refractivity contribution in [2.45, 2.75) is 6.54 Å². The van der Waals surface area contributed by atoms with Crippen LogP contribution in [0.1, 0.15) is 5.69 Å². The molecule has 2 N–H and O–H groups in total. The van der Waals surface area contributed by atoms with E-state index >= 15 is 0 Å². The lowest BCUT2D eigenvalue weighted by Gasteiger charge is -2.18. The lowest BCUT2D eigenvalue weighted by molar-refractivity contribution is 0.866. The van der Waals surface area contributed by atoms with E-state index in [-0.39, 0.29) is 0 Å². The molecule has 0 aliphatic heterocycles. The number of rotatable bonds is 5. The Morgan fingerprint density at radius 3 is 2.58 bits per heavy atom. The van der Waals surface area contributed by atoms with Crippen molar-refractivity contribution in [3.05, 3.63) is 72.0 Å². The Bertz CT molecular complexity index is 1360. The molecule has 4 heterocycles. The van der Waals surface area contributed by atoms with E-state index < -0.39 is 0 Å². The summed E-state index contributed by atoms with van der Waals surface area (Å²) in [5.41, 5.74) is 11.3. The van der Waals surface area contributed by atoms with Crippen molar-refractivity contribution < 1.29 is 0 Å². The van der Waals surface area contributed by atoms with Crippen LogP contribution in [0.5, 0.6) is 0 Å². The molecule has 4 aromatic heterocycles. The van der Waals surface area contributed by atoms with Crippen LogP contribution in [0.3, 0.4) is 0 Å². The highest BCUT2D eigenvalue weighted by molar-refractivity contribution is 7.18. The maximum Gasteiger partial charge on any atom is 0.203 e. The molecule has 1 aromatic carbocycles. The lowest BCUT2D eigenvalue weighted by atomic mass is 10.1. The number of hydrogen-bond donors (Lipinski definition) is 1. The van der Waals surface area contributed by atoms with E-state index in [1.165, 1.54) is 11.3 Å². The molecule has 154 valence electrons. The highest BCUT2D eigenvalue weighted by Gasteiger charge is 2.11. The molecule has 0 radical (unpaired) electrons. The van der Waals surface area contributed by atoms with Crippen molar-refractivity contribution in [1.29, 1.82) is 0 Å². The minimum atomic E-state index is 0.458. The van der Waals surface area contributed by atoms with Gasteiger partial charge in [0.1, 0.15) is 5.01 Å². The third kappa shape index (κ3) is 3.92. The molecule has 0 amide bonds. The van der Waals surface area contributed by atoms with Gasteiger partial charge in [-0.1, -0.05) is 47.2 Å². The Kier molecular flexibility index (Phi) is 4.97. The number of pyridine rings is 1. The molecular formula is C21H17ClN8S. The second kappa shape index (κ2) is 7.93. The van der Waals surface area contributed by atoms with Crippen molar-refractivity contribution >= 4 is 39.4 Å². The van der Waals surface area contributed by atoms with E-state index in [0.29, 0.717) is 16.7 Å². The van der Waals surface area contributed by atoms with Crippen LogP contribution in [0.4, 0.5) is 10.8 Å². The summed E-state index contributed by atoms with van der Waals surface area (Å²) in [6.07, 6.45) is 9.03. The molecule has 10 heteroatoms. The van der Waals surface area contributed by atoms with Gasteiger partial charge >= 0.3 is 0 Å². The molecule has 0 unspecified atom stereocenters. The summed E-state index contributed by atoms with van der Waals surface area (Å²) in [5, 5.41) is 9.83. The molecule has 0 spiro atoms. The Morgan fingerprint density at radius 1 is 1.03 bits per heavy atom. The quantitative estimate of drug-likeness (QED) is 0.430. The van der Waals surface area contributed by atoms with E-state index in [9.17, 15) is 0 Å². The first-order chi connectivity index (χ1) is 15.1. The average Bonchev–Trinajstić information content (AvgIpc) is 3.40. The lowest BCUT2D eigenvalue weighted by Crippen LogP contribution is -2.17. The van der Waals surface area contributed by atoms with E-state index in [4.69, 9.17) is 17.3 Å². The van der Waals surface area contributed by atoms with Crippen LogP contribution in [-0.4, -0.2) is 36.6 Å². The third-order valence-electron chi connectivity index (χ3n) is 4.85. The van der Waals surface area contributed by atoms with Gasteiger partial charge in [-0.25, -0.2) is 4.98 Å². The summed E-state index contributed by atoms with van der Waals surface area (Å²) < 4.78 is 2.05. The monoisotopic (exact) mass is 448 g/mol. The van der Waals surface area contributed by atoms with Crippen molar-refractivity contribution in [1.82, 2.24) is 29.5 Å². The number of nitrogen functional groups attached to an aromatic ring is 1. The van der Waals surface area contributed by atoms with Crippen LogP contribution >= 0.6 is 22.9 Å². The summed E-state index contributed by atoms with van der Waals surface area (Å²) in [6.45, 7) is 0.604. The van der Waals surface area contributed by atoms with E-state index in [1.54, 1.807) is 18.6 Å². The van der Waals surface area contributed by atoms with Gasteiger partial charge in [0, 0.05) is 30.6 Å². The van der Waals surface area contributed by atoms with Crippen LogP contribution in [0.15, 0.2) is 61.3 Å². The first-order valence-electron chi connectivity index (χ1n) is 9.40. The molecule has 8 nitrogen and oxygen atoms in total. The van der Waals surface area contributed by atoms with Crippen molar-refractivity contribution in [2.24, 2.45) is 0 Å². The van der Waals surface area contributed by atoms with Gasteiger partial charge in [-0.2, -0.15) is 0 Å². The van der Waals surface area contributed by atoms with E-state index in [2.05, 4.69) is 25.1 Å². The zero-order valence-corrected chi connectivity index (χ0v) is 18.0. The molecular weight excluding hydrogens is 432 g/mol. The van der Waals surface area contributed by atoms with Crippen LogP contribution in [0, 0.1) is 0 Å². The smallest absolute Gasteiger partial charge is 0.203 e. The minimum absolute atomic E-state index is 0.458. The number of benzene rings is 1. The fourth-order valence-corrected chi connectivity index (χ4v) is 4.09. The fourth-order valence-electron chi connectivity index (χ4n) is 3.30. The van der Waals surface area contributed by atoms with Crippen molar-refractivity contribution in [2.75, 3.05) is 17.7 Å². The van der Waals surface area contributed by atoms with Gasteiger partial charge in [0.05, 0.1) is 47.2 Å². The number of fused-ring (bicyclic) bond motifs is 1. The predicted octanol–water partition coefficient (Wildman–Crippen LogP) is 4.18. The molecule has 0 aliphatic rings. The SMILES string of the molecule is CN(Cc1cn2c(-c3ccc(-c4nnc(N)s4)cc3)cnc2cn1)c1cncc(Cl)c1. The molecule has 0 fully saturated rings. The fraction of sp³-hybridized carbons (Fsp3) is 0.0952. The van der Waals surface area contributed by atoms with Crippen LogP contribution < -0.4 is 10.6 Å². The second-order valence-corrected chi connectivity index (χ2v) is 8.44. The number of halogens is 1. The average molecular weight is 449 g/mol. The van der Waals surface area contributed by atoms with E-state index in [0.717, 1.165) is 38.9 Å². The largest absolute Gasteiger partial charge is 0.374 e. The molecule has 5 aromatic rings. The first kappa shape index (κ1) is 19.4. The first-order valence-corrected chi connectivity index (χ1v) is 10.6. The zero-order valence-electron chi connectivity index (χ0n) is 16.5. The highest BCUT2D eigenvalue weighted by atomic mass is 35.5. The van der Waals surface area contributed by atoms with Crippen LogP contribution in [0.25, 0.3) is 27.5 Å². The number of nitrogens with two attached hydrogens (primary N) is 1. The molecule has 0 atom stereocenters. The molecule has 5 rings (SSSR count). The van der Waals surface area contributed by atoms with Crippen LogP contribution in [-0.2, 0) is 6.54 Å². The van der Waals surface area contributed by atoms with Gasteiger partial charge in [0.15, 0.2) is 5.65 Å².